The van der Waals surface area contributed by atoms with Gasteiger partial charge in [-0.3, -0.25) is 9.59 Å². The van der Waals surface area contributed by atoms with E-state index in [-0.39, 0.29) is 24.9 Å². The monoisotopic (exact) mass is 832 g/mol. The van der Waals surface area contributed by atoms with Crippen molar-refractivity contribution < 1.29 is 24.5 Å². The number of hydrogen-bond acceptors (Lipinski definition) is 5. The van der Waals surface area contributed by atoms with Crippen LogP contribution in [0.15, 0.2) is 24.3 Å². The molecule has 348 valence electrons. The molecule has 3 N–H and O–H groups in total. The van der Waals surface area contributed by atoms with Crippen LogP contribution < -0.4 is 5.32 Å². The second-order valence-corrected chi connectivity index (χ2v) is 18.0. The third kappa shape index (κ3) is 42.8. The van der Waals surface area contributed by atoms with E-state index >= 15 is 0 Å². The summed E-state index contributed by atoms with van der Waals surface area (Å²) in [6, 6.07) is -0.699. The van der Waals surface area contributed by atoms with E-state index in [9.17, 15) is 19.8 Å². The van der Waals surface area contributed by atoms with Gasteiger partial charge in [-0.05, 0) is 51.4 Å². The fourth-order valence-electron chi connectivity index (χ4n) is 8.07. The van der Waals surface area contributed by atoms with Gasteiger partial charge in [-0.1, -0.05) is 238 Å². The highest BCUT2D eigenvalue weighted by molar-refractivity contribution is 5.77. The lowest BCUT2D eigenvalue weighted by atomic mass is 10.0. The summed E-state index contributed by atoms with van der Waals surface area (Å²) in [6.07, 6.45) is 53.9. The van der Waals surface area contributed by atoms with Crippen LogP contribution in [0.2, 0.25) is 0 Å². The average Bonchev–Trinajstić information content (AvgIpc) is 3.23. The SMILES string of the molecule is CCCCCCCCC/C=C/C=C/CCCCCCCC(=O)OC(CCCCCCCCCC)CC(=O)NC(CO)C(O)CCCCCCCCCCCCCCCC. The molecule has 1 amide bonds. The summed E-state index contributed by atoms with van der Waals surface area (Å²) in [5, 5.41) is 23.7. The first-order valence-corrected chi connectivity index (χ1v) is 26.1. The molecule has 0 fully saturated rings. The largest absolute Gasteiger partial charge is 0.462 e. The molecular weight excluding hydrogens is 731 g/mol. The average molecular weight is 832 g/mol. The van der Waals surface area contributed by atoms with Gasteiger partial charge >= 0.3 is 5.97 Å². The Hall–Kier alpha value is -1.66. The molecule has 6 nitrogen and oxygen atoms in total. The number of amides is 1. The number of aliphatic hydroxyl groups is 2. The molecular formula is C53H101NO5. The summed E-state index contributed by atoms with van der Waals surface area (Å²) < 4.78 is 5.91. The Morgan fingerprint density at radius 3 is 1.25 bits per heavy atom. The van der Waals surface area contributed by atoms with Crippen molar-refractivity contribution >= 4 is 11.9 Å². The van der Waals surface area contributed by atoms with Crippen LogP contribution in [-0.4, -0.2) is 46.9 Å². The second-order valence-electron chi connectivity index (χ2n) is 18.0. The molecule has 0 saturated carbocycles. The van der Waals surface area contributed by atoms with Gasteiger partial charge in [0, 0.05) is 6.42 Å². The normalized spacial score (nSPS) is 13.4. The van der Waals surface area contributed by atoms with Crippen LogP contribution in [0.5, 0.6) is 0 Å². The summed E-state index contributed by atoms with van der Waals surface area (Å²) in [6.45, 7) is 6.47. The maximum absolute atomic E-state index is 13.1. The number of esters is 1. The zero-order valence-electron chi connectivity index (χ0n) is 39.7. The van der Waals surface area contributed by atoms with E-state index in [4.69, 9.17) is 4.74 Å². The van der Waals surface area contributed by atoms with Gasteiger partial charge in [0.1, 0.15) is 6.10 Å². The van der Waals surface area contributed by atoms with Crippen molar-refractivity contribution in [1.29, 1.82) is 0 Å². The van der Waals surface area contributed by atoms with Gasteiger partial charge in [-0.2, -0.15) is 0 Å². The van der Waals surface area contributed by atoms with Gasteiger partial charge in [0.15, 0.2) is 0 Å². The number of allylic oxidation sites excluding steroid dienone is 4. The molecule has 0 aliphatic heterocycles. The number of carbonyl (C=O) groups excluding carboxylic acids is 2. The highest BCUT2D eigenvalue weighted by atomic mass is 16.5. The molecule has 0 aromatic heterocycles. The molecule has 6 heteroatoms. The first-order valence-electron chi connectivity index (χ1n) is 26.1. The van der Waals surface area contributed by atoms with Crippen LogP contribution in [0, 0.1) is 0 Å². The Morgan fingerprint density at radius 1 is 0.492 bits per heavy atom. The quantitative estimate of drug-likeness (QED) is 0.0322. The molecule has 0 aliphatic rings. The van der Waals surface area contributed by atoms with Gasteiger partial charge in [-0.15, -0.1) is 0 Å². The van der Waals surface area contributed by atoms with Gasteiger partial charge in [0.25, 0.3) is 0 Å². The van der Waals surface area contributed by atoms with Crippen molar-refractivity contribution in [3.63, 3.8) is 0 Å². The van der Waals surface area contributed by atoms with Crippen molar-refractivity contribution in [2.45, 2.75) is 296 Å². The fraction of sp³-hybridized carbons (Fsp3) is 0.887. The number of unbranched alkanes of at least 4 members (excludes halogenated alkanes) is 32. The van der Waals surface area contributed by atoms with Crippen molar-refractivity contribution in [2.75, 3.05) is 6.61 Å². The maximum atomic E-state index is 13.1. The predicted molar refractivity (Wildman–Crippen MR) is 255 cm³/mol. The van der Waals surface area contributed by atoms with Crippen LogP contribution in [0.25, 0.3) is 0 Å². The summed E-state index contributed by atoms with van der Waals surface area (Å²) in [5.41, 5.74) is 0. The molecule has 0 bridgehead atoms. The first-order chi connectivity index (χ1) is 29.0. The van der Waals surface area contributed by atoms with Gasteiger partial charge in [0.05, 0.1) is 25.2 Å². The zero-order chi connectivity index (χ0) is 43.1. The molecule has 0 heterocycles. The van der Waals surface area contributed by atoms with E-state index in [1.165, 1.54) is 180 Å². The molecule has 0 aromatic carbocycles. The Kier molecular flexibility index (Phi) is 46.1. The Labute approximate surface area is 367 Å². The Morgan fingerprint density at radius 2 is 0.847 bits per heavy atom. The van der Waals surface area contributed by atoms with Gasteiger partial charge < -0.3 is 20.3 Å². The second kappa shape index (κ2) is 47.4. The standard InChI is InChI=1S/C53H101NO5/c1-4-7-10-13-16-19-21-23-25-26-27-28-30-32-34-37-40-43-46-53(58)59-49(44-41-38-35-18-15-12-9-6-3)47-52(57)54-50(48-55)51(56)45-42-39-36-33-31-29-24-22-20-17-14-11-8-5-2/h25-28,49-51,55-56H,4-24,29-48H2,1-3H3,(H,54,57)/b26-25+,28-27+. The van der Waals surface area contributed by atoms with Crippen molar-refractivity contribution in [1.82, 2.24) is 5.32 Å². The minimum atomic E-state index is -0.785. The lowest BCUT2D eigenvalue weighted by molar-refractivity contribution is -0.151. The molecule has 0 aromatic rings. The molecule has 59 heavy (non-hydrogen) atoms. The van der Waals surface area contributed by atoms with E-state index in [1.807, 2.05) is 0 Å². The first kappa shape index (κ1) is 57.3. The highest BCUT2D eigenvalue weighted by Crippen LogP contribution is 2.18. The smallest absolute Gasteiger partial charge is 0.306 e. The highest BCUT2D eigenvalue weighted by Gasteiger charge is 2.24. The maximum Gasteiger partial charge on any atom is 0.306 e. The van der Waals surface area contributed by atoms with Crippen LogP contribution in [0.1, 0.15) is 278 Å². The topological polar surface area (TPSA) is 95.9 Å². The number of aliphatic hydroxyl groups excluding tert-OH is 2. The van der Waals surface area contributed by atoms with E-state index in [0.717, 1.165) is 51.4 Å². The molecule has 0 rings (SSSR count). The molecule has 3 atom stereocenters. The Balaban J connectivity index is 4.41. The number of nitrogens with one attached hydrogen (secondary N) is 1. The van der Waals surface area contributed by atoms with Gasteiger partial charge in [-0.25, -0.2) is 0 Å². The zero-order valence-corrected chi connectivity index (χ0v) is 39.7. The van der Waals surface area contributed by atoms with E-state index in [1.54, 1.807) is 0 Å². The van der Waals surface area contributed by atoms with E-state index in [2.05, 4.69) is 50.4 Å². The van der Waals surface area contributed by atoms with E-state index < -0.39 is 18.2 Å². The molecule has 0 aliphatic carbocycles. The third-order valence-electron chi connectivity index (χ3n) is 12.1. The minimum absolute atomic E-state index is 0.0755. The van der Waals surface area contributed by atoms with Crippen LogP contribution in [0.3, 0.4) is 0 Å². The predicted octanol–water partition coefficient (Wildman–Crippen LogP) is 15.5. The third-order valence-corrected chi connectivity index (χ3v) is 12.1. The number of ether oxygens (including phenoxy) is 1. The Bertz CT molecular complexity index is 935. The lowest BCUT2D eigenvalue weighted by Gasteiger charge is -2.24. The minimum Gasteiger partial charge on any atom is -0.462 e. The summed E-state index contributed by atoms with van der Waals surface area (Å²) in [7, 11) is 0. The molecule has 3 unspecified atom stereocenters. The van der Waals surface area contributed by atoms with Gasteiger partial charge in [0.2, 0.25) is 5.91 Å². The van der Waals surface area contributed by atoms with E-state index in [0.29, 0.717) is 19.3 Å². The number of rotatable bonds is 47. The van der Waals surface area contributed by atoms with Crippen molar-refractivity contribution in [3.05, 3.63) is 24.3 Å². The number of hydrogen-bond donors (Lipinski definition) is 3. The molecule has 0 saturated heterocycles. The summed E-state index contributed by atoms with van der Waals surface area (Å²) in [4.78, 5) is 26.0. The molecule has 0 spiro atoms. The summed E-state index contributed by atoms with van der Waals surface area (Å²) >= 11 is 0. The lowest BCUT2D eigenvalue weighted by Crippen LogP contribution is -2.46. The number of carbonyl (C=O) groups is 2. The fourth-order valence-corrected chi connectivity index (χ4v) is 8.07. The van der Waals surface area contributed by atoms with Crippen LogP contribution >= 0.6 is 0 Å². The summed E-state index contributed by atoms with van der Waals surface area (Å²) in [5.74, 6) is -0.482. The van der Waals surface area contributed by atoms with Crippen LogP contribution in [-0.2, 0) is 14.3 Å². The molecule has 0 radical (unpaired) electrons. The van der Waals surface area contributed by atoms with Crippen LogP contribution in [0.4, 0.5) is 0 Å². The van der Waals surface area contributed by atoms with Crippen molar-refractivity contribution in [2.24, 2.45) is 0 Å². The van der Waals surface area contributed by atoms with Crippen molar-refractivity contribution in [3.8, 4) is 0 Å².